The van der Waals surface area contributed by atoms with Crippen molar-refractivity contribution >= 4 is 17.2 Å². The number of hydrogen-bond donors (Lipinski definition) is 2. The van der Waals surface area contributed by atoms with Gasteiger partial charge < -0.3 is 15.4 Å². The van der Waals surface area contributed by atoms with Crippen molar-refractivity contribution < 1.29 is 13.9 Å². The van der Waals surface area contributed by atoms with Gasteiger partial charge in [0.2, 0.25) is 0 Å². The number of carbonyl (C=O) groups is 1. The van der Waals surface area contributed by atoms with Crippen LogP contribution in [0.3, 0.4) is 0 Å². The zero-order valence-electron chi connectivity index (χ0n) is 18.6. The van der Waals surface area contributed by atoms with Crippen LogP contribution in [-0.4, -0.2) is 12.4 Å². The molecule has 0 saturated carbocycles. The van der Waals surface area contributed by atoms with E-state index in [4.69, 9.17) is 4.74 Å². The van der Waals surface area contributed by atoms with Gasteiger partial charge in [0.15, 0.2) is 5.78 Å². The summed E-state index contributed by atoms with van der Waals surface area (Å²) in [5.74, 6) is 0.613. The molecule has 5 heteroatoms. The molecule has 3 aromatic carbocycles. The lowest BCUT2D eigenvalue weighted by atomic mass is 9.78. The Bertz CT molecular complexity index is 1200. The SMILES string of the molecule is CCCOc1ccccc1C1Nc2ccccc2NC2=C1C(=O)CC(c1ccc(F)cc1)C2. The van der Waals surface area contributed by atoms with E-state index in [1.165, 1.54) is 12.1 Å². The number of hydrogen-bond acceptors (Lipinski definition) is 4. The Kier molecular flexibility index (Phi) is 5.86. The third-order valence-electron chi connectivity index (χ3n) is 6.34. The molecular weight excluding hydrogens is 415 g/mol. The molecule has 0 amide bonds. The number of benzene rings is 3. The van der Waals surface area contributed by atoms with Crippen molar-refractivity contribution in [1.82, 2.24) is 0 Å². The van der Waals surface area contributed by atoms with Crippen molar-refractivity contribution in [2.24, 2.45) is 0 Å². The molecule has 1 heterocycles. The van der Waals surface area contributed by atoms with Crippen molar-refractivity contribution in [2.45, 2.75) is 38.1 Å². The molecule has 0 fully saturated rings. The van der Waals surface area contributed by atoms with Crippen molar-refractivity contribution in [3.05, 3.63) is 101 Å². The molecule has 0 saturated heterocycles. The first kappa shape index (κ1) is 21.3. The first-order valence-electron chi connectivity index (χ1n) is 11.5. The van der Waals surface area contributed by atoms with Gasteiger partial charge in [0.05, 0.1) is 24.0 Å². The van der Waals surface area contributed by atoms with Crippen LogP contribution in [0.4, 0.5) is 15.8 Å². The molecule has 0 aromatic heterocycles. The molecule has 5 rings (SSSR count). The van der Waals surface area contributed by atoms with E-state index in [-0.39, 0.29) is 23.6 Å². The second kappa shape index (κ2) is 9.10. The predicted molar refractivity (Wildman–Crippen MR) is 129 cm³/mol. The fraction of sp³-hybridized carbons (Fsp3) is 0.250. The summed E-state index contributed by atoms with van der Waals surface area (Å²) in [6.07, 6.45) is 1.97. The van der Waals surface area contributed by atoms with Gasteiger partial charge in [0.1, 0.15) is 11.6 Å². The van der Waals surface area contributed by atoms with Gasteiger partial charge in [-0.05, 0) is 54.7 Å². The fourth-order valence-electron chi connectivity index (χ4n) is 4.76. The number of nitrogens with one attached hydrogen (secondary N) is 2. The molecule has 4 nitrogen and oxygen atoms in total. The summed E-state index contributed by atoms with van der Waals surface area (Å²) < 4.78 is 19.5. The minimum absolute atomic E-state index is 0.00171. The van der Waals surface area contributed by atoms with Gasteiger partial charge in [-0.2, -0.15) is 0 Å². The fourth-order valence-corrected chi connectivity index (χ4v) is 4.76. The normalized spacial score (nSPS) is 19.6. The van der Waals surface area contributed by atoms with Gasteiger partial charge in [-0.3, -0.25) is 4.79 Å². The van der Waals surface area contributed by atoms with Gasteiger partial charge in [-0.25, -0.2) is 4.39 Å². The number of fused-ring (bicyclic) bond motifs is 1. The number of para-hydroxylation sites is 3. The highest BCUT2D eigenvalue weighted by Crippen LogP contribution is 2.45. The number of carbonyl (C=O) groups excluding carboxylic acids is 1. The first-order valence-corrected chi connectivity index (χ1v) is 11.5. The Morgan fingerprint density at radius 1 is 0.939 bits per heavy atom. The highest BCUT2D eigenvalue weighted by atomic mass is 19.1. The maximum Gasteiger partial charge on any atom is 0.163 e. The van der Waals surface area contributed by atoms with E-state index in [1.54, 1.807) is 12.1 Å². The quantitative estimate of drug-likeness (QED) is 0.468. The molecule has 33 heavy (non-hydrogen) atoms. The third kappa shape index (κ3) is 4.23. The van der Waals surface area contributed by atoms with Gasteiger partial charge >= 0.3 is 0 Å². The molecule has 2 atom stereocenters. The first-order chi connectivity index (χ1) is 16.1. The van der Waals surface area contributed by atoms with E-state index in [1.807, 2.05) is 48.5 Å². The van der Waals surface area contributed by atoms with Crippen LogP contribution in [0.1, 0.15) is 49.3 Å². The number of halogens is 1. The van der Waals surface area contributed by atoms with Crippen molar-refractivity contribution in [2.75, 3.05) is 17.2 Å². The standard InChI is InChI=1S/C28H27FN2O2/c1-2-15-33-26-10-6-3-7-21(26)28-27-24(30-22-8-4-5-9-23(22)31-28)16-19(17-25(27)32)18-11-13-20(29)14-12-18/h3-14,19,28,30-31H,2,15-17H2,1H3. The van der Waals surface area contributed by atoms with Gasteiger partial charge in [0, 0.05) is 23.3 Å². The summed E-state index contributed by atoms with van der Waals surface area (Å²) >= 11 is 0. The van der Waals surface area contributed by atoms with Crippen molar-refractivity contribution in [3.63, 3.8) is 0 Å². The monoisotopic (exact) mass is 442 g/mol. The van der Waals surface area contributed by atoms with E-state index < -0.39 is 0 Å². The summed E-state index contributed by atoms with van der Waals surface area (Å²) in [6, 6.07) is 22.1. The van der Waals surface area contributed by atoms with Crippen LogP contribution in [0, 0.1) is 5.82 Å². The average molecular weight is 443 g/mol. The Labute approximate surface area is 193 Å². The summed E-state index contributed by atoms with van der Waals surface area (Å²) in [6.45, 7) is 2.69. The number of ketones is 1. The molecule has 1 aliphatic heterocycles. The van der Waals surface area contributed by atoms with E-state index >= 15 is 0 Å². The minimum Gasteiger partial charge on any atom is -0.493 e. The largest absolute Gasteiger partial charge is 0.493 e. The zero-order valence-corrected chi connectivity index (χ0v) is 18.6. The topological polar surface area (TPSA) is 50.4 Å². The molecule has 0 radical (unpaired) electrons. The number of ether oxygens (including phenoxy) is 1. The highest BCUT2D eigenvalue weighted by Gasteiger charge is 2.37. The maximum atomic E-state index is 13.6. The lowest BCUT2D eigenvalue weighted by Crippen LogP contribution is -2.27. The number of anilines is 2. The van der Waals surface area contributed by atoms with Crippen LogP contribution in [0.15, 0.2) is 84.1 Å². The van der Waals surface area contributed by atoms with E-state index in [0.717, 1.165) is 45.9 Å². The Morgan fingerprint density at radius 3 is 2.45 bits per heavy atom. The third-order valence-corrected chi connectivity index (χ3v) is 6.34. The summed E-state index contributed by atoms with van der Waals surface area (Å²) in [4.78, 5) is 13.6. The number of allylic oxidation sites excluding steroid dienone is 1. The minimum atomic E-state index is -0.328. The van der Waals surface area contributed by atoms with Crippen molar-refractivity contribution in [1.29, 1.82) is 0 Å². The lowest BCUT2D eigenvalue weighted by Gasteiger charge is -2.30. The maximum absolute atomic E-state index is 13.6. The van der Waals surface area contributed by atoms with E-state index in [0.29, 0.717) is 19.4 Å². The second-order valence-corrected chi connectivity index (χ2v) is 8.61. The average Bonchev–Trinajstić information content (AvgIpc) is 3.00. The summed E-state index contributed by atoms with van der Waals surface area (Å²) in [5.41, 5.74) is 5.46. The lowest BCUT2D eigenvalue weighted by molar-refractivity contribution is -0.116. The molecule has 2 N–H and O–H groups in total. The van der Waals surface area contributed by atoms with Crippen LogP contribution in [0.5, 0.6) is 5.75 Å². The van der Waals surface area contributed by atoms with Crippen LogP contribution < -0.4 is 15.4 Å². The molecule has 168 valence electrons. The van der Waals surface area contributed by atoms with E-state index in [2.05, 4.69) is 17.6 Å². The molecule has 3 aromatic rings. The highest BCUT2D eigenvalue weighted by molar-refractivity contribution is 6.01. The van der Waals surface area contributed by atoms with Crippen LogP contribution in [-0.2, 0) is 4.79 Å². The second-order valence-electron chi connectivity index (χ2n) is 8.61. The smallest absolute Gasteiger partial charge is 0.163 e. The predicted octanol–water partition coefficient (Wildman–Crippen LogP) is 6.59. The van der Waals surface area contributed by atoms with Crippen LogP contribution in [0.2, 0.25) is 0 Å². The molecule has 0 spiro atoms. The Morgan fingerprint density at radius 2 is 1.67 bits per heavy atom. The zero-order chi connectivity index (χ0) is 22.8. The Balaban J connectivity index is 1.60. The van der Waals surface area contributed by atoms with Gasteiger partial charge in [0.25, 0.3) is 0 Å². The summed E-state index contributed by atoms with van der Waals surface area (Å²) in [5, 5.41) is 7.16. The van der Waals surface area contributed by atoms with Crippen LogP contribution >= 0.6 is 0 Å². The van der Waals surface area contributed by atoms with Crippen LogP contribution in [0.25, 0.3) is 0 Å². The van der Waals surface area contributed by atoms with E-state index in [9.17, 15) is 9.18 Å². The molecule has 2 unspecified atom stereocenters. The molecule has 1 aliphatic carbocycles. The number of Topliss-reactive ketones (excluding diaryl/α,β-unsaturated/α-hetero) is 1. The molecule has 0 bridgehead atoms. The molecule has 2 aliphatic rings. The molecular formula is C28H27FN2O2. The number of rotatable bonds is 5. The Hall–Kier alpha value is -3.60. The summed E-state index contributed by atoms with van der Waals surface area (Å²) in [7, 11) is 0. The van der Waals surface area contributed by atoms with Gasteiger partial charge in [-0.1, -0.05) is 49.4 Å². The van der Waals surface area contributed by atoms with Crippen molar-refractivity contribution in [3.8, 4) is 5.75 Å². The van der Waals surface area contributed by atoms with Gasteiger partial charge in [-0.15, -0.1) is 0 Å².